The summed E-state index contributed by atoms with van der Waals surface area (Å²) < 4.78 is 7.26. The van der Waals surface area contributed by atoms with Gasteiger partial charge in [-0.15, -0.1) is 24.0 Å². The van der Waals surface area contributed by atoms with Gasteiger partial charge in [-0.05, 0) is 30.2 Å². The number of primary amides is 1. The average molecular weight is 520 g/mol. The number of halogens is 2. The van der Waals surface area contributed by atoms with Gasteiger partial charge in [0.05, 0.1) is 11.6 Å². The Morgan fingerprint density at radius 3 is 2.57 bits per heavy atom. The van der Waals surface area contributed by atoms with Crippen LogP contribution in [0, 0.1) is 0 Å². The number of nitrogens with two attached hydrogens (primary N) is 1. The lowest BCUT2D eigenvalue weighted by Gasteiger charge is -2.22. The second-order valence-corrected chi connectivity index (χ2v) is 6.68. The minimum atomic E-state index is -0.489. The van der Waals surface area contributed by atoms with E-state index >= 15 is 0 Å². The number of guanidine groups is 1. The predicted molar refractivity (Wildman–Crippen MR) is 124 cm³/mol. The smallest absolute Gasteiger partial charge is 0.255 e. The molecule has 2 aromatic rings. The van der Waals surface area contributed by atoms with Crippen LogP contribution < -0.4 is 15.8 Å². The number of aliphatic imine (C=N–C) groups is 1. The van der Waals surface area contributed by atoms with Crippen LogP contribution in [0.15, 0.2) is 41.5 Å². The molecule has 1 amide bonds. The van der Waals surface area contributed by atoms with Crippen LogP contribution >= 0.6 is 35.6 Å². The molecule has 154 valence electrons. The first-order chi connectivity index (χ1) is 12.9. The van der Waals surface area contributed by atoms with Crippen molar-refractivity contribution in [1.82, 2.24) is 14.8 Å². The van der Waals surface area contributed by atoms with Gasteiger partial charge in [-0.25, -0.2) is 0 Å². The molecule has 0 spiro atoms. The quantitative estimate of drug-likeness (QED) is 0.319. The van der Waals surface area contributed by atoms with E-state index in [2.05, 4.69) is 10.3 Å². The highest BCUT2D eigenvalue weighted by Crippen LogP contribution is 2.14. The molecular formula is C19H27ClIN5O2. The average Bonchev–Trinajstić information content (AvgIpc) is 2.94. The van der Waals surface area contributed by atoms with Crippen molar-refractivity contribution in [2.75, 3.05) is 27.2 Å². The number of nitrogens with zero attached hydrogens (tertiary/aromatic N) is 3. The SMILES string of the molecule is CN=C(NCCc1ccc(OCC(N)=O)cc1)N(C)Cc1cc(Cl)cn1C.I. The largest absolute Gasteiger partial charge is 0.484 e. The van der Waals surface area contributed by atoms with Crippen molar-refractivity contribution in [2.45, 2.75) is 13.0 Å². The van der Waals surface area contributed by atoms with Gasteiger partial charge in [0.1, 0.15) is 5.75 Å². The fourth-order valence-corrected chi connectivity index (χ4v) is 2.92. The highest BCUT2D eigenvalue weighted by Gasteiger charge is 2.09. The van der Waals surface area contributed by atoms with Gasteiger partial charge in [0.25, 0.3) is 5.91 Å². The Morgan fingerprint density at radius 2 is 2.04 bits per heavy atom. The van der Waals surface area contributed by atoms with E-state index < -0.39 is 5.91 Å². The molecular weight excluding hydrogens is 493 g/mol. The lowest BCUT2D eigenvalue weighted by molar-refractivity contribution is -0.119. The second-order valence-electron chi connectivity index (χ2n) is 6.24. The van der Waals surface area contributed by atoms with Crippen molar-refractivity contribution >= 4 is 47.4 Å². The van der Waals surface area contributed by atoms with E-state index in [9.17, 15) is 4.79 Å². The highest BCUT2D eigenvalue weighted by atomic mass is 127. The summed E-state index contributed by atoms with van der Waals surface area (Å²) in [6.45, 7) is 1.33. The lowest BCUT2D eigenvalue weighted by Crippen LogP contribution is -2.39. The first kappa shape index (κ1) is 24.1. The van der Waals surface area contributed by atoms with Crippen LogP contribution in [0.2, 0.25) is 5.02 Å². The molecule has 9 heteroatoms. The Labute approximate surface area is 187 Å². The first-order valence-corrected chi connectivity index (χ1v) is 8.99. The topological polar surface area (TPSA) is 84.9 Å². The maximum atomic E-state index is 10.7. The lowest BCUT2D eigenvalue weighted by atomic mass is 10.1. The van der Waals surface area contributed by atoms with E-state index in [0.717, 1.165) is 35.2 Å². The van der Waals surface area contributed by atoms with Gasteiger partial charge < -0.3 is 25.3 Å². The van der Waals surface area contributed by atoms with Gasteiger partial charge in [0.15, 0.2) is 12.6 Å². The van der Waals surface area contributed by atoms with E-state index in [4.69, 9.17) is 22.1 Å². The molecule has 0 unspecified atom stereocenters. The number of benzene rings is 1. The number of ether oxygens (including phenoxy) is 1. The van der Waals surface area contributed by atoms with Gasteiger partial charge >= 0.3 is 0 Å². The third-order valence-electron chi connectivity index (χ3n) is 4.05. The second kappa shape index (κ2) is 11.8. The zero-order valence-electron chi connectivity index (χ0n) is 16.3. The Hall–Kier alpha value is -1.94. The molecule has 1 heterocycles. The Kier molecular flexibility index (Phi) is 10.2. The molecule has 0 bridgehead atoms. The van der Waals surface area contributed by atoms with Crippen LogP contribution in [-0.4, -0.2) is 48.6 Å². The fraction of sp³-hybridized carbons (Fsp3) is 0.368. The summed E-state index contributed by atoms with van der Waals surface area (Å²) in [6.07, 6.45) is 2.72. The van der Waals surface area contributed by atoms with E-state index in [1.54, 1.807) is 7.05 Å². The number of hydrogen-bond donors (Lipinski definition) is 2. The fourth-order valence-electron chi connectivity index (χ4n) is 2.65. The maximum Gasteiger partial charge on any atom is 0.255 e. The molecule has 2 rings (SSSR count). The van der Waals surface area contributed by atoms with Gasteiger partial charge in [-0.3, -0.25) is 9.79 Å². The molecule has 0 atom stereocenters. The van der Waals surface area contributed by atoms with Gasteiger partial charge in [-0.1, -0.05) is 23.7 Å². The zero-order chi connectivity index (χ0) is 19.8. The van der Waals surface area contributed by atoms with Gasteiger partial charge in [0.2, 0.25) is 0 Å². The molecule has 0 aliphatic carbocycles. The van der Waals surface area contributed by atoms with Crippen molar-refractivity contribution in [2.24, 2.45) is 17.8 Å². The van der Waals surface area contributed by atoms with Crippen molar-refractivity contribution in [3.05, 3.63) is 52.8 Å². The Morgan fingerprint density at radius 1 is 1.36 bits per heavy atom. The van der Waals surface area contributed by atoms with Crippen LogP contribution in [0.25, 0.3) is 0 Å². The summed E-state index contributed by atoms with van der Waals surface area (Å²) in [5.41, 5.74) is 7.33. The standard InChI is InChI=1S/C19H26ClN5O2.HI/c1-22-19(25(3)12-16-10-15(20)11-24(16)2)23-9-8-14-4-6-17(7-5-14)27-13-18(21)26;/h4-7,10-11H,8-9,12-13H2,1-3H3,(H2,21,26)(H,22,23);1H. The summed E-state index contributed by atoms with van der Waals surface area (Å²) in [6, 6.07) is 9.55. The maximum absolute atomic E-state index is 10.7. The molecule has 0 saturated heterocycles. The van der Waals surface area contributed by atoms with E-state index in [0.29, 0.717) is 12.3 Å². The van der Waals surface area contributed by atoms with Crippen LogP contribution in [0.4, 0.5) is 0 Å². The number of rotatable bonds is 8. The van der Waals surface area contributed by atoms with Crippen molar-refractivity contribution in [3.8, 4) is 5.75 Å². The highest BCUT2D eigenvalue weighted by molar-refractivity contribution is 14.0. The van der Waals surface area contributed by atoms with E-state index in [-0.39, 0.29) is 30.6 Å². The van der Waals surface area contributed by atoms with Crippen molar-refractivity contribution < 1.29 is 9.53 Å². The van der Waals surface area contributed by atoms with Crippen molar-refractivity contribution in [1.29, 1.82) is 0 Å². The zero-order valence-corrected chi connectivity index (χ0v) is 19.4. The van der Waals surface area contributed by atoms with Gasteiger partial charge in [-0.2, -0.15) is 0 Å². The molecule has 1 aromatic heterocycles. The van der Waals surface area contributed by atoms with Crippen molar-refractivity contribution in [3.63, 3.8) is 0 Å². The molecule has 0 aliphatic heterocycles. The number of hydrogen-bond acceptors (Lipinski definition) is 3. The minimum absolute atomic E-state index is 0. The molecule has 0 fully saturated rings. The predicted octanol–water partition coefficient (Wildman–Crippen LogP) is 2.41. The van der Waals surface area contributed by atoms with Gasteiger partial charge in [0, 0.05) is 39.6 Å². The number of carbonyl (C=O) groups is 1. The molecule has 28 heavy (non-hydrogen) atoms. The van der Waals surface area contributed by atoms with Crippen LogP contribution in [0.3, 0.4) is 0 Å². The molecule has 0 aliphatic rings. The summed E-state index contributed by atoms with van der Waals surface area (Å²) in [7, 11) is 5.73. The number of aryl methyl sites for hydroxylation is 1. The minimum Gasteiger partial charge on any atom is -0.484 e. The Bertz CT molecular complexity index is 792. The number of carbonyl (C=O) groups excluding carboxylic acids is 1. The third-order valence-corrected chi connectivity index (χ3v) is 4.25. The number of amides is 1. The molecule has 0 saturated carbocycles. The summed E-state index contributed by atoms with van der Waals surface area (Å²) in [4.78, 5) is 17.1. The normalized spacial score (nSPS) is 10.9. The van der Waals surface area contributed by atoms with E-state index in [1.165, 1.54) is 0 Å². The number of nitrogens with one attached hydrogen (secondary N) is 1. The third kappa shape index (κ3) is 7.59. The summed E-state index contributed by atoms with van der Waals surface area (Å²) in [5.74, 6) is 0.951. The molecule has 3 N–H and O–H groups in total. The molecule has 7 nitrogen and oxygen atoms in total. The van der Waals surface area contributed by atoms with E-state index in [1.807, 2.05) is 60.1 Å². The van der Waals surface area contributed by atoms with Crippen LogP contribution in [0.1, 0.15) is 11.3 Å². The number of aromatic nitrogens is 1. The van der Waals surface area contributed by atoms with Crippen LogP contribution in [0.5, 0.6) is 5.75 Å². The first-order valence-electron chi connectivity index (χ1n) is 8.61. The monoisotopic (exact) mass is 519 g/mol. The summed E-state index contributed by atoms with van der Waals surface area (Å²) >= 11 is 6.04. The molecule has 0 radical (unpaired) electrons. The Balaban J connectivity index is 0.00000392. The summed E-state index contributed by atoms with van der Waals surface area (Å²) in [5, 5.41) is 4.09. The molecule has 1 aromatic carbocycles. The van der Waals surface area contributed by atoms with Crippen LogP contribution in [-0.2, 0) is 24.8 Å².